The number of hydrogen-bond donors (Lipinski definition) is 1. The van der Waals surface area contributed by atoms with Gasteiger partial charge in [-0.3, -0.25) is 4.79 Å². The van der Waals surface area contributed by atoms with Crippen LogP contribution in [0.2, 0.25) is 0 Å². The number of carboxylic acids is 1. The summed E-state index contributed by atoms with van der Waals surface area (Å²) in [5.74, 6) is -0.121. The molecule has 2 rings (SSSR count). The monoisotopic (exact) mass is 224 g/mol. The van der Waals surface area contributed by atoms with E-state index in [9.17, 15) is 4.79 Å². The summed E-state index contributed by atoms with van der Waals surface area (Å²) in [5, 5.41) is 12.9. The van der Waals surface area contributed by atoms with Gasteiger partial charge in [0.2, 0.25) is 5.88 Å². The number of ether oxygens (including phenoxy) is 1. The molecule has 16 heavy (non-hydrogen) atoms. The van der Waals surface area contributed by atoms with Crippen molar-refractivity contribution in [1.82, 2.24) is 9.78 Å². The van der Waals surface area contributed by atoms with Gasteiger partial charge in [0.05, 0.1) is 12.1 Å². The molecule has 1 aromatic rings. The molecular formula is C11H16N2O3. The van der Waals surface area contributed by atoms with Gasteiger partial charge in [0.25, 0.3) is 0 Å². The maximum absolute atomic E-state index is 10.8. The molecule has 0 amide bonds. The molecule has 1 saturated carbocycles. The first kappa shape index (κ1) is 11.0. The van der Waals surface area contributed by atoms with Crippen LogP contribution in [-0.4, -0.2) is 27.0 Å². The third-order valence-corrected chi connectivity index (χ3v) is 3.09. The highest BCUT2D eigenvalue weighted by Crippen LogP contribution is 2.27. The Kier molecular flexibility index (Phi) is 3.12. The van der Waals surface area contributed by atoms with Gasteiger partial charge >= 0.3 is 5.97 Å². The lowest BCUT2D eigenvalue weighted by Gasteiger charge is -2.26. The minimum Gasteiger partial charge on any atom is -0.481 e. The standard InChI is InChI=1S/C11H16N2O3/c1-13-10(6-7-12-13)16-9-4-2-8(3-5-9)11(14)15/h6-9H,2-5H2,1H3,(H,14,15). The molecule has 0 radical (unpaired) electrons. The highest BCUT2D eigenvalue weighted by Gasteiger charge is 2.27. The predicted octanol–water partition coefficient (Wildman–Crippen LogP) is 1.44. The number of carbonyl (C=O) groups is 1. The van der Waals surface area contributed by atoms with Crippen LogP contribution >= 0.6 is 0 Å². The molecule has 5 nitrogen and oxygen atoms in total. The molecule has 5 heteroatoms. The van der Waals surface area contributed by atoms with Gasteiger partial charge in [0.15, 0.2) is 0 Å². The summed E-state index contributed by atoms with van der Waals surface area (Å²) >= 11 is 0. The van der Waals surface area contributed by atoms with Crippen molar-refractivity contribution in [3.05, 3.63) is 12.3 Å². The van der Waals surface area contributed by atoms with E-state index in [1.807, 2.05) is 13.1 Å². The summed E-state index contributed by atoms with van der Waals surface area (Å²) in [6.45, 7) is 0. The Hall–Kier alpha value is -1.52. The third kappa shape index (κ3) is 2.35. The van der Waals surface area contributed by atoms with Crippen LogP contribution in [0.15, 0.2) is 12.3 Å². The Morgan fingerprint density at radius 1 is 1.50 bits per heavy atom. The molecule has 0 atom stereocenters. The van der Waals surface area contributed by atoms with Gasteiger partial charge in [0.1, 0.15) is 6.10 Å². The highest BCUT2D eigenvalue weighted by atomic mass is 16.5. The van der Waals surface area contributed by atoms with E-state index in [-0.39, 0.29) is 12.0 Å². The first-order valence-electron chi connectivity index (χ1n) is 5.54. The molecule has 1 N–H and O–H groups in total. The van der Waals surface area contributed by atoms with Gasteiger partial charge in [-0.25, -0.2) is 4.68 Å². The number of aliphatic carboxylic acids is 1. The number of aryl methyl sites for hydroxylation is 1. The number of carboxylic acid groups (broad SMARTS) is 1. The van der Waals surface area contributed by atoms with E-state index in [2.05, 4.69) is 5.10 Å². The average molecular weight is 224 g/mol. The van der Waals surface area contributed by atoms with Crippen LogP contribution in [0.25, 0.3) is 0 Å². The number of aromatic nitrogens is 2. The van der Waals surface area contributed by atoms with Crippen LogP contribution in [0.3, 0.4) is 0 Å². The molecule has 88 valence electrons. The van der Waals surface area contributed by atoms with E-state index < -0.39 is 5.97 Å². The van der Waals surface area contributed by atoms with Crippen LogP contribution in [0.5, 0.6) is 5.88 Å². The molecule has 0 spiro atoms. The van der Waals surface area contributed by atoms with Crippen LogP contribution in [0.4, 0.5) is 0 Å². The van der Waals surface area contributed by atoms with Crippen LogP contribution in [0.1, 0.15) is 25.7 Å². The topological polar surface area (TPSA) is 64.4 Å². The van der Waals surface area contributed by atoms with Crippen molar-refractivity contribution in [2.24, 2.45) is 13.0 Å². The van der Waals surface area contributed by atoms with Crippen molar-refractivity contribution in [3.8, 4) is 5.88 Å². The minimum atomic E-state index is -0.681. The summed E-state index contributed by atoms with van der Waals surface area (Å²) in [6.07, 6.45) is 4.85. The first-order valence-corrected chi connectivity index (χ1v) is 5.54. The van der Waals surface area contributed by atoms with Crippen LogP contribution in [-0.2, 0) is 11.8 Å². The van der Waals surface area contributed by atoms with Crippen LogP contribution < -0.4 is 4.74 Å². The maximum atomic E-state index is 10.8. The predicted molar refractivity (Wildman–Crippen MR) is 57.2 cm³/mol. The van der Waals surface area contributed by atoms with Crippen molar-refractivity contribution in [2.75, 3.05) is 0 Å². The second-order valence-electron chi connectivity index (χ2n) is 4.22. The van der Waals surface area contributed by atoms with E-state index in [0.29, 0.717) is 12.8 Å². The average Bonchev–Trinajstić information content (AvgIpc) is 2.65. The number of nitrogens with zero attached hydrogens (tertiary/aromatic N) is 2. The quantitative estimate of drug-likeness (QED) is 0.843. The minimum absolute atomic E-state index is 0.131. The number of hydrogen-bond acceptors (Lipinski definition) is 3. The van der Waals surface area contributed by atoms with Crippen molar-refractivity contribution in [2.45, 2.75) is 31.8 Å². The van der Waals surface area contributed by atoms with Crippen molar-refractivity contribution < 1.29 is 14.6 Å². The van der Waals surface area contributed by atoms with Gasteiger partial charge < -0.3 is 9.84 Å². The molecule has 1 heterocycles. The van der Waals surface area contributed by atoms with E-state index >= 15 is 0 Å². The highest BCUT2D eigenvalue weighted by molar-refractivity contribution is 5.70. The lowest BCUT2D eigenvalue weighted by atomic mass is 9.87. The molecule has 0 unspecified atom stereocenters. The third-order valence-electron chi connectivity index (χ3n) is 3.09. The van der Waals surface area contributed by atoms with Crippen molar-refractivity contribution in [3.63, 3.8) is 0 Å². The van der Waals surface area contributed by atoms with E-state index in [0.717, 1.165) is 18.7 Å². The zero-order chi connectivity index (χ0) is 11.5. The van der Waals surface area contributed by atoms with Gasteiger partial charge in [-0.2, -0.15) is 5.10 Å². The Balaban J connectivity index is 1.86. The Bertz CT molecular complexity index is 367. The van der Waals surface area contributed by atoms with Gasteiger partial charge in [-0.1, -0.05) is 0 Å². The molecular weight excluding hydrogens is 208 g/mol. The van der Waals surface area contributed by atoms with Gasteiger partial charge in [0, 0.05) is 13.1 Å². The largest absolute Gasteiger partial charge is 0.481 e. The molecule has 1 fully saturated rings. The fraction of sp³-hybridized carbons (Fsp3) is 0.636. The summed E-state index contributed by atoms with van der Waals surface area (Å²) < 4.78 is 7.45. The summed E-state index contributed by atoms with van der Waals surface area (Å²) in [4.78, 5) is 10.8. The lowest BCUT2D eigenvalue weighted by Crippen LogP contribution is -2.28. The summed E-state index contributed by atoms with van der Waals surface area (Å²) in [7, 11) is 1.83. The maximum Gasteiger partial charge on any atom is 0.306 e. The SMILES string of the molecule is Cn1nccc1OC1CCC(C(=O)O)CC1. The zero-order valence-electron chi connectivity index (χ0n) is 9.30. The molecule has 1 aliphatic rings. The smallest absolute Gasteiger partial charge is 0.306 e. The molecule has 1 aliphatic carbocycles. The van der Waals surface area contributed by atoms with Crippen molar-refractivity contribution in [1.29, 1.82) is 0 Å². The Morgan fingerprint density at radius 2 is 2.19 bits per heavy atom. The van der Waals surface area contributed by atoms with Gasteiger partial charge in [-0.15, -0.1) is 0 Å². The number of rotatable bonds is 3. The van der Waals surface area contributed by atoms with E-state index in [1.165, 1.54) is 0 Å². The molecule has 0 saturated heterocycles. The van der Waals surface area contributed by atoms with E-state index in [1.54, 1.807) is 10.9 Å². The Labute approximate surface area is 94.0 Å². The fourth-order valence-corrected chi connectivity index (χ4v) is 2.08. The lowest BCUT2D eigenvalue weighted by molar-refractivity contribution is -0.143. The van der Waals surface area contributed by atoms with Gasteiger partial charge in [-0.05, 0) is 25.7 Å². The second-order valence-corrected chi connectivity index (χ2v) is 4.22. The zero-order valence-corrected chi connectivity index (χ0v) is 9.30. The second kappa shape index (κ2) is 4.55. The van der Waals surface area contributed by atoms with Crippen molar-refractivity contribution >= 4 is 5.97 Å². The van der Waals surface area contributed by atoms with Crippen LogP contribution in [0, 0.1) is 5.92 Å². The summed E-state index contributed by atoms with van der Waals surface area (Å²) in [6, 6.07) is 1.82. The van der Waals surface area contributed by atoms with E-state index in [4.69, 9.17) is 9.84 Å². The summed E-state index contributed by atoms with van der Waals surface area (Å²) in [5.41, 5.74) is 0. The fourth-order valence-electron chi connectivity index (χ4n) is 2.08. The molecule has 0 aromatic carbocycles. The first-order chi connectivity index (χ1) is 7.66. The molecule has 0 bridgehead atoms. The molecule has 1 aromatic heterocycles. The molecule has 0 aliphatic heterocycles. The normalized spacial score (nSPS) is 25.3. The Morgan fingerprint density at radius 3 is 2.69 bits per heavy atom.